The average Bonchev–Trinajstić information content (AvgIpc) is 3.33. The van der Waals surface area contributed by atoms with Crippen LogP contribution in [0.1, 0.15) is 44.1 Å². The Labute approximate surface area is 143 Å². The van der Waals surface area contributed by atoms with Gasteiger partial charge in [0.15, 0.2) is 0 Å². The van der Waals surface area contributed by atoms with Crippen LogP contribution in [-0.2, 0) is 11.3 Å². The van der Waals surface area contributed by atoms with Crippen molar-refractivity contribution >= 4 is 16.8 Å². The van der Waals surface area contributed by atoms with Gasteiger partial charge in [-0.25, -0.2) is 0 Å². The van der Waals surface area contributed by atoms with Crippen molar-refractivity contribution in [1.82, 2.24) is 15.2 Å². The number of carbonyl (C=O) groups excluding carboxylic acids is 1. The zero-order valence-electron chi connectivity index (χ0n) is 14.3. The largest absolute Gasteiger partial charge is 0.361 e. The third kappa shape index (κ3) is 3.81. The Morgan fingerprint density at radius 1 is 1.25 bits per heavy atom. The van der Waals surface area contributed by atoms with Gasteiger partial charge in [0.1, 0.15) is 0 Å². The second-order valence-corrected chi connectivity index (χ2v) is 7.48. The fraction of sp³-hybridized carbons (Fsp3) is 0.550. The van der Waals surface area contributed by atoms with Gasteiger partial charge in [-0.3, -0.25) is 9.69 Å². The Morgan fingerprint density at radius 3 is 3.00 bits per heavy atom. The second kappa shape index (κ2) is 6.98. The van der Waals surface area contributed by atoms with E-state index in [2.05, 4.69) is 45.7 Å². The molecule has 128 valence electrons. The molecule has 1 amide bonds. The molecule has 1 aromatic carbocycles. The van der Waals surface area contributed by atoms with Crippen molar-refractivity contribution in [2.75, 3.05) is 13.1 Å². The molecule has 4 heteroatoms. The molecule has 2 heterocycles. The summed E-state index contributed by atoms with van der Waals surface area (Å²) in [6.45, 7) is 3.30. The first-order chi connectivity index (χ1) is 11.8. The van der Waals surface area contributed by atoms with Gasteiger partial charge in [0.05, 0.1) is 0 Å². The number of piperidine rings is 1. The van der Waals surface area contributed by atoms with Crippen molar-refractivity contribution in [2.45, 2.75) is 51.1 Å². The molecule has 4 nitrogen and oxygen atoms in total. The van der Waals surface area contributed by atoms with Gasteiger partial charge in [0.25, 0.3) is 0 Å². The second-order valence-electron chi connectivity index (χ2n) is 7.48. The fourth-order valence-electron chi connectivity index (χ4n) is 3.90. The number of rotatable bonds is 6. The summed E-state index contributed by atoms with van der Waals surface area (Å²) in [4.78, 5) is 17.8. The minimum absolute atomic E-state index is 0.256. The maximum Gasteiger partial charge on any atom is 0.220 e. The summed E-state index contributed by atoms with van der Waals surface area (Å²) < 4.78 is 0. The Bertz CT molecular complexity index is 704. The SMILES string of the molecule is O=C(CCC1CCCN(Cc2c[nH]c3ccccc23)C1)NC1CC1. The summed E-state index contributed by atoms with van der Waals surface area (Å²) >= 11 is 0. The zero-order valence-corrected chi connectivity index (χ0v) is 14.3. The van der Waals surface area contributed by atoms with Crippen LogP contribution in [0.2, 0.25) is 0 Å². The van der Waals surface area contributed by atoms with Gasteiger partial charge in [0, 0.05) is 42.7 Å². The highest BCUT2D eigenvalue weighted by atomic mass is 16.1. The molecule has 1 atom stereocenters. The standard InChI is InChI=1S/C20H27N3O/c24-20(22-17-8-9-17)10-7-15-4-3-11-23(13-15)14-16-12-21-19-6-2-1-5-18(16)19/h1-2,5-6,12,15,17,21H,3-4,7-11,13-14H2,(H,22,24). The van der Waals surface area contributed by atoms with Crippen LogP contribution in [0.4, 0.5) is 0 Å². The van der Waals surface area contributed by atoms with Crippen LogP contribution in [0.3, 0.4) is 0 Å². The van der Waals surface area contributed by atoms with Gasteiger partial charge >= 0.3 is 0 Å². The lowest BCUT2D eigenvalue weighted by atomic mass is 9.93. The number of amides is 1. The van der Waals surface area contributed by atoms with E-state index >= 15 is 0 Å². The van der Waals surface area contributed by atoms with E-state index in [1.807, 2.05) is 0 Å². The molecule has 0 bridgehead atoms. The van der Waals surface area contributed by atoms with Gasteiger partial charge in [-0.1, -0.05) is 18.2 Å². The quantitative estimate of drug-likeness (QED) is 0.855. The molecule has 2 aliphatic rings. The number of carbonyl (C=O) groups is 1. The van der Waals surface area contributed by atoms with E-state index in [9.17, 15) is 4.79 Å². The first-order valence-electron chi connectivity index (χ1n) is 9.34. The number of likely N-dealkylation sites (tertiary alicyclic amines) is 1. The number of nitrogens with zero attached hydrogens (tertiary/aromatic N) is 1. The van der Waals surface area contributed by atoms with E-state index in [1.54, 1.807) is 0 Å². The van der Waals surface area contributed by atoms with Crippen LogP contribution in [-0.4, -0.2) is 34.9 Å². The maximum absolute atomic E-state index is 11.9. The van der Waals surface area contributed by atoms with Crippen molar-refractivity contribution in [3.05, 3.63) is 36.0 Å². The summed E-state index contributed by atoms with van der Waals surface area (Å²) in [5.74, 6) is 0.917. The van der Waals surface area contributed by atoms with Crippen molar-refractivity contribution in [2.24, 2.45) is 5.92 Å². The lowest BCUT2D eigenvalue weighted by molar-refractivity contribution is -0.121. The number of H-pyrrole nitrogens is 1. The lowest BCUT2D eigenvalue weighted by Gasteiger charge is -2.32. The molecule has 0 radical (unpaired) electrons. The molecule has 1 aliphatic carbocycles. The fourth-order valence-corrected chi connectivity index (χ4v) is 3.90. The molecule has 1 aromatic heterocycles. The van der Waals surface area contributed by atoms with Gasteiger partial charge in [-0.15, -0.1) is 0 Å². The first-order valence-corrected chi connectivity index (χ1v) is 9.34. The van der Waals surface area contributed by atoms with E-state index in [4.69, 9.17) is 0 Å². The molecule has 2 fully saturated rings. The summed E-state index contributed by atoms with van der Waals surface area (Å²) in [6, 6.07) is 9.01. The third-order valence-electron chi connectivity index (χ3n) is 5.39. The number of hydrogen-bond donors (Lipinski definition) is 2. The smallest absolute Gasteiger partial charge is 0.220 e. The van der Waals surface area contributed by atoms with Crippen LogP contribution in [0.15, 0.2) is 30.5 Å². The molecule has 1 aliphatic heterocycles. The van der Waals surface area contributed by atoms with E-state index < -0.39 is 0 Å². The number of hydrogen-bond acceptors (Lipinski definition) is 2. The van der Waals surface area contributed by atoms with Crippen molar-refractivity contribution < 1.29 is 4.79 Å². The van der Waals surface area contributed by atoms with Crippen LogP contribution >= 0.6 is 0 Å². The number of aromatic amines is 1. The summed E-state index contributed by atoms with van der Waals surface area (Å²) in [5.41, 5.74) is 2.61. The highest BCUT2D eigenvalue weighted by Crippen LogP contribution is 2.25. The topological polar surface area (TPSA) is 48.1 Å². The molecular weight excluding hydrogens is 298 g/mol. The Morgan fingerprint density at radius 2 is 2.12 bits per heavy atom. The molecule has 1 unspecified atom stereocenters. The monoisotopic (exact) mass is 325 g/mol. The van der Waals surface area contributed by atoms with Crippen LogP contribution in [0.25, 0.3) is 10.9 Å². The van der Waals surface area contributed by atoms with Crippen LogP contribution in [0.5, 0.6) is 0 Å². The van der Waals surface area contributed by atoms with Gasteiger partial charge in [-0.05, 0) is 56.2 Å². The van der Waals surface area contributed by atoms with Gasteiger partial charge in [-0.2, -0.15) is 0 Å². The van der Waals surface area contributed by atoms with E-state index in [0.717, 1.165) is 19.5 Å². The number of benzene rings is 1. The number of aromatic nitrogens is 1. The Kier molecular flexibility index (Phi) is 4.56. The van der Waals surface area contributed by atoms with Crippen molar-refractivity contribution in [1.29, 1.82) is 0 Å². The Hall–Kier alpha value is -1.81. The summed E-state index contributed by atoms with van der Waals surface area (Å²) in [6.07, 6.45) is 8.74. The van der Waals surface area contributed by atoms with Gasteiger partial charge < -0.3 is 10.3 Å². The predicted octanol–water partition coefficient (Wildman–Crippen LogP) is 3.44. The normalized spacial score (nSPS) is 21.9. The summed E-state index contributed by atoms with van der Waals surface area (Å²) in [5, 5.41) is 4.44. The molecule has 2 aromatic rings. The van der Waals surface area contributed by atoms with Crippen molar-refractivity contribution in [3.63, 3.8) is 0 Å². The van der Waals surface area contributed by atoms with Crippen LogP contribution in [0, 0.1) is 5.92 Å². The first kappa shape index (κ1) is 15.7. The van der Waals surface area contributed by atoms with E-state index in [-0.39, 0.29) is 5.91 Å². The highest BCUT2D eigenvalue weighted by Gasteiger charge is 2.25. The minimum atomic E-state index is 0.256. The third-order valence-corrected chi connectivity index (χ3v) is 5.39. The average molecular weight is 325 g/mol. The molecule has 2 N–H and O–H groups in total. The van der Waals surface area contributed by atoms with Crippen molar-refractivity contribution in [3.8, 4) is 0 Å². The minimum Gasteiger partial charge on any atom is -0.361 e. The lowest BCUT2D eigenvalue weighted by Crippen LogP contribution is -2.35. The highest BCUT2D eigenvalue weighted by molar-refractivity contribution is 5.83. The summed E-state index contributed by atoms with van der Waals surface area (Å²) in [7, 11) is 0. The molecule has 24 heavy (non-hydrogen) atoms. The molecule has 1 saturated carbocycles. The van der Waals surface area contributed by atoms with Crippen LogP contribution < -0.4 is 5.32 Å². The zero-order chi connectivity index (χ0) is 16.4. The van der Waals surface area contributed by atoms with E-state index in [0.29, 0.717) is 18.4 Å². The van der Waals surface area contributed by atoms with Gasteiger partial charge in [0.2, 0.25) is 5.91 Å². The Balaban J connectivity index is 1.30. The van der Waals surface area contributed by atoms with E-state index in [1.165, 1.54) is 48.7 Å². The number of fused-ring (bicyclic) bond motifs is 1. The molecule has 0 spiro atoms. The predicted molar refractivity (Wildman–Crippen MR) is 96.7 cm³/mol. The molecule has 4 rings (SSSR count). The maximum atomic E-state index is 11.9. The molecular formula is C20H27N3O. The number of nitrogens with one attached hydrogen (secondary N) is 2. The number of para-hydroxylation sites is 1. The molecule has 1 saturated heterocycles.